The summed E-state index contributed by atoms with van der Waals surface area (Å²) in [5.41, 5.74) is 9.04. The number of carboxylic acids is 1. The van der Waals surface area contributed by atoms with E-state index in [1.807, 2.05) is 34.6 Å². The lowest BCUT2D eigenvalue weighted by atomic mass is 10.0. The van der Waals surface area contributed by atoms with E-state index in [1.165, 1.54) is 0 Å². The summed E-state index contributed by atoms with van der Waals surface area (Å²) in [6, 6.07) is -2.08. The highest BCUT2D eigenvalue weighted by Crippen LogP contribution is 2.39. The van der Waals surface area contributed by atoms with Gasteiger partial charge in [0.25, 0.3) is 0 Å². The number of oxime groups is 2. The standard InChI is InChI=1S/C14H25N3O4.C14H23N3O3.C10H19NO4.C4H8N2O/c1-8(2)10(16-13(19)20-14(3,4)5)12(18)21-17-11(15)9-6-7-9;1-8(2)10(15-13(18)19-14(3,4)5)12-16-11(17-20-12)9-6-7-9;1-6(2)7(8(12)13)11-9(14)15-10(3,4)5;5-4(6-7)3-1-2-3/h8-10H,6-7H2,1-5H3,(H2,15,17)(H,16,19);8-10H,6-7H2,1-5H3,(H,15,18);6-7H,1-5H3,(H,11,14)(H,12,13);3,7H,1-2H2,(H2,5,6). The molecule has 1 heterocycles. The molecule has 3 aliphatic rings. The zero-order chi connectivity index (χ0) is 48.6. The number of nitrogens with one attached hydrogen (secondary N) is 3. The summed E-state index contributed by atoms with van der Waals surface area (Å²) in [7, 11) is 0. The minimum absolute atomic E-state index is 0.134. The maximum absolute atomic E-state index is 12.0. The smallest absolute Gasteiger partial charge is 0.408 e. The molecule has 0 radical (unpaired) electrons. The van der Waals surface area contributed by atoms with Crippen LogP contribution in [0.15, 0.2) is 14.8 Å². The summed E-state index contributed by atoms with van der Waals surface area (Å²) in [5.74, 6) is 1.02. The third-order valence-corrected chi connectivity index (χ3v) is 8.55. The minimum atomic E-state index is -1.06. The Morgan fingerprint density at radius 3 is 1.41 bits per heavy atom. The summed E-state index contributed by atoms with van der Waals surface area (Å²) in [4.78, 5) is 66.8. The molecular formula is C42H75N9O12. The molecule has 21 heteroatoms. The van der Waals surface area contributed by atoms with Crippen molar-refractivity contribution in [3.05, 3.63) is 11.7 Å². The van der Waals surface area contributed by atoms with Crippen LogP contribution < -0.4 is 27.4 Å². The molecule has 0 bridgehead atoms. The monoisotopic (exact) mass is 898 g/mol. The first kappa shape index (κ1) is 55.6. The SMILES string of the molecule is CC(C)C(NC(=O)OC(C)(C)C)C(=O)O.CC(C)C(NC(=O)OC(C)(C)C)C(=O)O/N=C(\N)C1CC1.CC(C)C(NC(=O)OC(C)(C)C)c1nc(C2CC2)no1.N/C(=N\O)C1CC1. The quantitative estimate of drug-likeness (QED) is 0.0271. The number of carbonyl (C=O) groups is 5. The van der Waals surface area contributed by atoms with Crippen LogP contribution in [0.3, 0.4) is 0 Å². The number of hydrogen-bond donors (Lipinski definition) is 7. The summed E-state index contributed by atoms with van der Waals surface area (Å²) in [6.07, 6.45) is 4.51. The topological polar surface area (TPSA) is 314 Å². The number of alkyl carbamates (subject to hydrolysis) is 3. The predicted molar refractivity (Wildman–Crippen MR) is 233 cm³/mol. The number of nitrogens with zero attached hydrogens (tertiary/aromatic N) is 4. The van der Waals surface area contributed by atoms with Gasteiger partial charge in [-0.1, -0.05) is 57.0 Å². The van der Waals surface area contributed by atoms with E-state index < -0.39 is 59.1 Å². The second-order valence-corrected chi connectivity index (χ2v) is 19.7. The number of hydrogen-bond acceptors (Lipinski definition) is 15. The van der Waals surface area contributed by atoms with Gasteiger partial charge in [0.2, 0.25) is 5.89 Å². The fourth-order valence-electron chi connectivity index (χ4n) is 4.78. The van der Waals surface area contributed by atoms with E-state index in [0.717, 1.165) is 44.3 Å². The number of carbonyl (C=O) groups excluding carboxylic acids is 4. The fourth-order valence-corrected chi connectivity index (χ4v) is 4.78. The largest absolute Gasteiger partial charge is 0.480 e. The fraction of sp³-hybridized carbons (Fsp3) is 0.786. The summed E-state index contributed by atoms with van der Waals surface area (Å²) < 4.78 is 20.6. The van der Waals surface area contributed by atoms with E-state index in [9.17, 15) is 24.0 Å². The molecule has 0 aliphatic heterocycles. The van der Waals surface area contributed by atoms with E-state index in [2.05, 4.69) is 36.4 Å². The molecule has 360 valence electrons. The molecule has 0 saturated heterocycles. The Morgan fingerprint density at radius 1 is 0.667 bits per heavy atom. The molecule has 63 heavy (non-hydrogen) atoms. The Kier molecular flexibility index (Phi) is 21.6. The summed E-state index contributed by atoms with van der Waals surface area (Å²) in [5, 5.41) is 34.9. The first-order chi connectivity index (χ1) is 28.8. The average Bonchev–Trinajstić information content (AvgIpc) is 3.99. The molecule has 3 fully saturated rings. The molecule has 9 N–H and O–H groups in total. The highest BCUT2D eigenvalue weighted by Gasteiger charge is 2.33. The molecule has 3 amide bonds. The van der Waals surface area contributed by atoms with E-state index in [1.54, 1.807) is 69.2 Å². The Morgan fingerprint density at radius 2 is 1.08 bits per heavy atom. The predicted octanol–water partition coefficient (Wildman–Crippen LogP) is 6.69. The van der Waals surface area contributed by atoms with Crippen LogP contribution in [0.25, 0.3) is 0 Å². The Balaban J connectivity index is 0.000000443. The Hall–Kier alpha value is -5.37. The number of amides is 3. The van der Waals surface area contributed by atoms with Crippen LogP contribution in [0.5, 0.6) is 0 Å². The van der Waals surface area contributed by atoms with E-state index in [-0.39, 0.29) is 29.7 Å². The zero-order valence-electron chi connectivity index (χ0n) is 39.9. The Labute approximate surface area is 371 Å². The first-order valence-corrected chi connectivity index (χ1v) is 21.4. The van der Waals surface area contributed by atoms with Gasteiger partial charge in [-0.3, -0.25) is 0 Å². The molecule has 3 saturated carbocycles. The van der Waals surface area contributed by atoms with Crippen molar-refractivity contribution in [2.45, 2.75) is 183 Å². The van der Waals surface area contributed by atoms with Crippen LogP contribution in [-0.2, 0) is 28.6 Å². The van der Waals surface area contributed by atoms with E-state index in [0.29, 0.717) is 29.4 Å². The molecular weight excluding hydrogens is 823 g/mol. The van der Waals surface area contributed by atoms with Crippen molar-refractivity contribution in [1.29, 1.82) is 0 Å². The number of nitrogens with two attached hydrogens (primary N) is 2. The molecule has 21 nitrogen and oxygen atoms in total. The number of rotatable bonds is 13. The molecule has 3 aliphatic carbocycles. The normalized spacial score (nSPS) is 16.9. The third-order valence-electron chi connectivity index (χ3n) is 8.55. The van der Waals surface area contributed by atoms with Crippen LogP contribution in [-0.4, -0.2) is 91.2 Å². The van der Waals surface area contributed by atoms with Gasteiger partial charge < -0.3 is 61.3 Å². The zero-order valence-corrected chi connectivity index (χ0v) is 39.9. The number of amidine groups is 2. The minimum Gasteiger partial charge on any atom is -0.480 e. The average molecular weight is 898 g/mol. The van der Waals surface area contributed by atoms with Crippen molar-refractivity contribution in [3.8, 4) is 0 Å². The third kappa shape index (κ3) is 24.8. The first-order valence-electron chi connectivity index (χ1n) is 21.4. The Bertz CT molecular complexity index is 1700. The maximum Gasteiger partial charge on any atom is 0.408 e. The van der Waals surface area contributed by atoms with Gasteiger partial charge in [-0.2, -0.15) is 4.98 Å². The lowest BCUT2D eigenvalue weighted by Crippen LogP contribution is -2.46. The van der Waals surface area contributed by atoms with Crippen molar-refractivity contribution >= 4 is 41.9 Å². The lowest BCUT2D eigenvalue weighted by molar-refractivity contribution is -0.147. The van der Waals surface area contributed by atoms with Crippen LogP contribution in [0.4, 0.5) is 14.4 Å². The highest BCUT2D eigenvalue weighted by atomic mass is 16.7. The van der Waals surface area contributed by atoms with Crippen LogP contribution in [0, 0.1) is 29.6 Å². The number of aliphatic carboxylic acids is 1. The van der Waals surface area contributed by atoms with Gasteiger partial charge >= 0.3 is 30.2 Å². The van der Waals surface area contributed by atoms with Gasteiger partial charge in [0.05, 0.1) is 0 Å². The number of carboxylic acid groups (broad SMARTS) is 1. The number of aromatic nitrogens is 2. The molecule has 0 aromatic carbocycles. The maximum atomic E-state index is 12.0. The lowest BCUT2D eigenvalue weighted by Gasteiger charge is -2.23. The second kappa shape index (κ2) is 24.5. The second-order valence-electron chi connectivity index (χ2n) is 19.7. The highest BCUT2D eigenvalue weighted by molar-refractivity contribution is 5.86. The van der Waals surface area contributed by atoms with Gasteiger partial charge in [-0.25, -0.2) is 24.0 Å². The molecule has 3 unspecified atom stereocenters. The molecule has 3 atom stereocenters. The van der Waals surface area contributed by atoms with Crippen molar-refractivity contribution in [1.82, 2.24) is 26.1 Å². The molecule has 1 aromatic heterocycles. The van der Waals surface area contributed by atoms with Gasteiger partial charge in [0, 0.05) is 17.8 Å². The van der Waals surface area contributed by atoms with Crippen molar-refractivity contribution in [3.63, 3.8) is 0 Å². The number of ether oxygens (including phenoxy) is 3. The van der Waals surface area contributed by atoms with Gasteiger partial charge in [0.1, 0.15) is 46.6 Å². The summed E-state index contributed by atoms with van der Waals surface area (Å²) in [6.45, 7) is 26.9. The van der Waals surface area contributed by atoms with Crippen LogP contribution >= 0.6 is 0 Å². The van der Waals surface area contributed by atoms with Crippen LogP contribution in [0.2, 0.25) is 0 Å². The van der Waals surface area contributed by atoms with Crippen molar-refractivity contribution in [2.75, 3.05) is 0 Å². The van der Waals surface area contributed by atoms with Gasteiger partial charge in [-0.15, -0.1) is 0 Å². The van der Waals surface area contributed by atoms with Gasteiger partial charge in [-0.05, 0) is 119 Å². The van der Waals surface area contributed by atoms with Gasteiger partial charge in [0.15, 0.2) is 5.82 Å². The van der Waals surface area contributed by atoms with Crippen molar-refractivity contribution in [2.24, 2.45) is 51.4 Å². The van der Waals surface area contributed by atoms with Crippen LogP contribution in [0.1, 0.15) is 166 Å². The van der Waals surface area contributed by atoms with E-state index in [4.69, 9.17) is 45.4 Å². The molecule has 0 spiro atoms. The molecule has 1 aromatic rings. The van der Waals surface area contributed by atoms with E-state index >= 15 is 0 Å². The van der Waals surface area contributed by atoms with Crippen molar-refractivity contribution < 1.29 is 57.9 Å². The summed E-state index contributed by atoms with van der Waals surface area (Å²) >= 11 is 0. The molecule has 4 rings (SSSR count).